The van der Waals surface area contributed by atoms with Gasteiger partial charge in [0.15, 0.2) is 15.8 Å². The second-order valence-electron chi connectivity index (χ2n) is 8.03. The van der Waals surface area contributed by atoms with Gasteiger partial charge < -0.3 is 9.47 Å². The van der Waals surface area contributed by atoms with Crippen molar-refractivity contribution in [3.05, 3.63) is 107 Å². The molecule has 36 heavy (non-hydrogen) atoms. The summed E-state index contributed by atoms with van der Waals surface area (Å²) in [5.74, 6) is 0.336. The zero-order valence-corrected chi connectivity index (χ0v) is 21.1. The highest BCUT2D eigenvalue weighted by Gasteiger charge is 2.34. The van der Waals surface area contributed by atoms with E-state index in [1.807, 2.05) is 43.3 Å². The number of thiocarbonyl (C=S) groups is 1. The van der Waals surface area contributed by atoms with Crippen LogP contribution in [0.1, 0.15) is 18.1 Å². The van der Waals surface area contributed by atoms with Gasteiger partial charge in [-0.2, -0.15) is 0 Å². The van der Waals surface area contributed by atoms with Gasteiger partial charge in [-0.3, -0.25) is 9.69 Å². The smallest absolute Gasteiger partial charge is 0.270 e. The highest BCUT2D eigenvalue weighted by Crippen LogP contribution is 2.38. The zero-order valence-electron chi connectivity index (χ0n) is 19.4. The van der Waals surface area contributed by atoms with Crippen LogP contribution in [0.4, 0.5) is 10.1 Å². The molecule has 1 saturated heterocycles. The number of carbonyl (C=O) groups is 1. The van der Waals surface area contributed by atoms with Crippen molar-refractivity contribution in [1.29, 1.82) is 0 Å². The lowest BCUT2D eigenvalue weighted by Crippen LogP contribution is -2.28. The Kier molecular flexibility index (Phi) is 7.02. The van der Waals surface area contributed by atoms with Gasteiger partial charge in [0.2, 0.25) is 0 Å². The third kappa shape index (κ3) is 4.85. The van der Waals surface area contributed by atoms with Crippen molar-refractivity contribution in [3.63, 3.8) is 0 Å². The summed E-state index contributed by atoms with van der Waals surface area (Å²) in [6, 6.07) is 26.0. The van der Waals surface area contributed by atoms with Crippen LogP contribution in [0.2, 0.25) is 0 Å². The molecule has 0 atom stereocenters. The summed E-state index contributed by atoms with van der Waals surface area (Å²) in [4.78, 5) is 14.7. The third-order valence-corrected chi connectivity index (χ3v) is 7.02. The van der Waals surface area contributed by atoms with Crippen LogP contribution >= 0.6 is 24.0 Å². The Bertz CT molecular complexity index is 1500. The molecule has 0 saturated carbocycles. The molecule has 1 amide bonds. The predicted molar refractivity (Wildman–Crippen MR) is 148 cm³/mol. The van der Waals surface area contributed by atoms with E-state index in [4.69, 9.17) is 21.7 Å². The largest absolute Gasteiger partial charge is 0.490 e. The topological polar surface area (TPSA) is 38.8 Å². The van der Waals surface area contributed by atoms with Gasteiger partial charge in [-0.1, -0.05) is 84.6 Å². The Morgan fingerprint density at radius 3 is 2.56 bits per heavy atom. The number of amides is 1. The third-order valence-electron chi connectivity index (χ3n) is 5.72. The molecule has 0 N–H and O–H groups in total. The monoisotopic (exact) mass is 515 g/mol. The maximum Gasteiger partial charge on any atom is 0.270 e. The molecule has 1 heterocycles. The fourth-order valence-corrected chi connectivity index (χ4v) is 5.32. The number of anilines is 1. The number of ether oxygens (including phenoxy) is 2. The number of carbonyl (C=O) groups excluding carboxylic acids is 1. The van der Waals surface area contributed by atoms with Gasteiger partial charge in [-0.15, -0.1) is 0 Å². The van der Waals surface area contributed by atoms with E-state index in [1.54, 1.807) is 18.2 Å². The van der Waals surface area contributed by atoms with Gasteiger partial charge in [-0.25, -0.2) is 4.39 Å². The lowest BCUT2D eigenvalue weighted by atomic mass is 10.1. The van der Waals surface area contributed by atoms with Gasteiger partial charge in [0.1, 0.15) is 12.4 Å². The van der Waals surface area contributed by atoms with Crippen molar-refractivity contribution in [2.45, 2.75) is 13.5 Å². The second kappa shape index (κ2) is 10.5. The van der Waals surface area contributed by atoms with Gasteiger partial charge in [0.05, 0.1) is 17.2 Å². The summed E-state index contributed by atoms with van der Waals surface area (Å²) >= 11 is 6.51. The minimum Gasteiger partial charge on any atom is -0.490 e. The fraction of sp³-hybridized carbons (Fsp3) is 0.103. The maximum absolute atomic E-state index is 14.3. The normalized spacial score (nSPS) is 14.6. The summed E-state index contributed by atoms with van der Waals surface area (Å²) < 4.78 is 26.6. The molecule has 1 aliphatic rings. The number of hydrogen-bond acceptors (Lipinski definition) is 5. The maximum atomic E-state index is 14.3. The molecule has 1 aliphatic heterocycles. The summed E-state index contributed by atoms with van der Waals surface area (Å²) in [5, 5.41) is 2.30. The summed E-state index contributed by atoms with van der Waals surface area (Å²) in [6.45, 7) is 2.76. The van der Waals surface area contributed by atoms with E-state index in [1.165, 1.54) is 17.0 Å². The molecule has 4 aromatic carbocycles. The molecule has 5 rings (SSSR count). The fourth-order valence-electron chi connectivity index (χ4n) is 4.04. The van der Waals surface area contributed by atoms with Gasteiger partial charge in [0, 0.05) is 0 Å². The van der Waals surface area contributed by atoms with Crippen molar-refractivity contribution in [1.82, 2.24) is 0 Å². The first kappa shape index (κ1) is 24.0. The second-order valence-corrected chi connectivity index (χ2v) is 9.71. The first-order chi connectivity index (χ1) is 17.5. The minimum absolute atomic E-state index is 0.149. The summed E-state index contributed by atoms with van der Waals surface area (Å²) in [5.41, 5.74) is 1.98. The van der Waals surface area contributed by atoms with Gasteiger partial charge in [0.25, 0.3) is 5.91 Å². The number of thioether (sulfide) groups is 1. The molecule has 0 bridgehead atoms. The molecule has 180 valence electrons. The average molecular weight is 516 g/mol. The predicted octanol–water partition coefficient (Wildman–Crippen LogP) is 7.36. The van der Waals surface area contributed by atoms with E-state index in [0.717, 1.165) is 33.7 Å². The number of halogens is 1. The Morgan fingerprint density at radius 2 is 1.72 bits per heavy atom. The zero-order chi connectivity index (χ0) is 25.1. The van der Waals surface area contributed by atoms with E-state index in [9.17, 15) is 9.18 Å². The van der Waals surface area contributed by atoms with Crippen molar-refractivity contribution in [2.24, 2.45) is 0 Å². The van der Waals surface area contributed by atoms with Crippen LogP contribution in [0, 0.1) is 5.82 Å². The van der Waals surface area contributed by atoms with Crippen molar-refractivity contribution in [2.75, 3.05) is 11.5 Å². The van der Waals surface area contributed by atoms with Gasteiger partial charge in [-0.05, 0) is 59.2 Å². The van der Waals surface area contributed by atoms with Crippen LogP contribution in [0.5, 0.6) is 11.5 Å². The van der Waals surface area contributed by atoms with Crippen molar-refractivity contribution >= 4 is 56.7 Å². The SMILES string of the molecule is CCOc1cc(/C=C2\SC(=S)N(c3ccccc3F)C2=O)ccc1OCc1cccc2ccccc12. The number of hydrogen-bond donors (Lipinski definition) is 0. The van der Waals surface area contributed by atoms with Crippen LogP contribution in [-0.2, 0) is 11.4 Å². The molecule has 7 heteroatoms. The first-order valence-electron chi connectivity index (χ1n) is 11.4. The Labute approximate surface area is 218 Å². The molecule has 4 nitrogen and oxygen atoms in total. The number of para-hydroxylation sites is 1. The Balaban J connectivity index is 1.39. The lowest BCUT2D eigenvalue weighted by molar-refractivity contribution is -0.113. The molecule has 1 fully saturated rings. The van der Waals surface area contributed by atoms with Crippen LogP contribution in [-0.4, -0.2) is 16.8 Å². The minimum atomic E-state index is -0.499. The van der Waals surface area contributed by atoms with Crippen LogP contribution < -0.4 is 14.4 Å². The van der Waals surface area contributed by atoms with E-state index >= 15 is 0 Å². The van der Waals surface area contributed by atoms with E-state index in [-0.39, 0.29) is 15.9 Å². The highest BCUT2D eigenvalue weighted by atomic mass is 32.2. The highest BCUT2D eigenvalue weighted by molar-refractivity contribution is 8.27. The van der Waals surface area contributed by atoms with Crippen LogP contribution in [0.25, 0.3) is 16.8 Å². The number of benzene rings is 4. The number of nitrogens with zero attached hydrogens (tertiary/aromatic N) is 1. The van der Waals surface area contributed by atoms with E-state index in [2.05, 4.69) is 24.3 Å². The standard InChI is InChI=1S/C29H22FNO3S2/c1-2-33-26-16-19(17-27-28(32)31(29(35)36-27)24-13-6-5-12-23(24)30)14-15-25(26)34-18-21-10-7-9-20-8-3-4-11-22(20)21/h3-17H,2,18H2,1H3/b27-17-. The summed E-state index contributed by atoms with van der Waals surface area (Å²) in [7, 11) is 0. The molecular weight excluding hydrogens is 493 g/mol. The molecule has 0 unspecified atom stereocenters. The molecule has 4 aromatic rings. The van der Waals surface area contributed by atoms with E-state index in [0.29, 0.717) is 29.6 Å². The summed E-state index contributed by atoms with van der Waals surface area (Å²) in [6.07, 6.45) is 1.73. The molecule has 0 radical (unpaired) electrons. The first-order valence-corrected chi connectivity index (χ1v) is 12.7. The molecular formula is C29H22FNO3S2. The molecule has 0 aromatic heterocycles. The van der Waals surface area contributed by atoms with Crippen LogP contribution in [0.3, 0.4) is 0 Å². The average Bonchev–Trinajstić information content (AvgIpc) is 3.16. The van der Waals surface area contributed by atoms with E-state index < -0.39 is 5.82 Å². The quantitative estimate of drug-likeness (QED) is 0.190. The van der Waals surface area contributed by atoms with Crippen molar-refractivity contribution in [3.8, 4) is 11.5 Å². The lowest BCUT2D eigenvalue weighted by Gasteiger charge is -2.15. The van der Waals surface area contributed by atoms with Crippen LogP contribution in [0.15, 0.2) is 89.8 Å². The number of fused-ring (bicyclic) bond motifs is 1. The van der Waals surface area contributed by atoms with Gasteiger partial charge >= 0.3 is 0 Å². The molecule has 0 spiro atoms. The Hall–Kier alpha value is -3.68. The Morgan fingerprint density at radius 1 is 0.944 bits per heavy atom. The number of rotatable bonds is 7. The van der Waals surface area contributed by atoms with Crippen molar-refractivity contribution < 1.29 is 18.7 Å². The molecule has 0 aliphatic carbocycles.